The summed E-state index contributed by atoms with van der Waals surface area (Å²) in [4.78, 5) is 33.8. The molecule has 0 aliphatic carbocycles. The van der Waals surface area contributed by atoms with E-state index in [1.165, 1.54) is 29.0 Å². The molecule has 1 aromatic heterocycles. The highest BCUT2D eigenvalue weighted by atomic mass is 35.5. The SMILES string of the molecule is Cl.O=C(Nc1nc(C(=O)N2CCCN(Cc3ccccc3)CC2)cs1)c1ccc(F)c(Cl)c1. The van der Waals surface area contributed by atoms with Crippen LogP contribution in [0.1, 0.15) is 32.8 Å². The van der Waals surface area contributed by atoms with Gasteiger partial charge in [-0.3, -0.25) is 19.8 Å². The van der Waals surface area contributed by atoms with Crippen LogP contribution in [-0.4, -0.2) is 52.8 Å². The van der Waals surface area contributed by atoms with E-state index in [-0.39, 0.29) is 28.9 Å². The van der Waals surface area contributed by atoms with Gasteiger partial charge in [0.15, 0.2) is 5.13 Å². The van der Waals surface area contributed by atoms with Gasteiger partial charge in [0.25, 0.3) is 11.8 Å². The Bertz CT molecular complexity index is 1110. The average Bonchev–Trinajstić information content (AvgIpc) is 3.13. The molecule has 2 heterocycles. The maximum atomic E-state index is 13.3. The summed E-state index contributed by atoms with van der Waals surface area (Å²) >= 11 is 6.91. The minimum absolute atomic E-state index is 0. The summed E-state index contributed by atoms with van der Waals surface area (Å²) in [5, 5.41) is 4.45. The smallest absolute Gasteiger partial charge is 0.273 e. The number of hydrogen-bond donors (Lipinski definition) is 1. The van der Waals surface area contributed by atoms with Crippen molar-refractivity contribution in [2.24, 2.45) is 0 Å². The first-order chi connectivity index (χ1) is 15.5. The fourth-order valence-corrected chi connectivity index (χ4v) is 4.43. The van der Waals surface area contributed by atoms with Crippen molar-refractivity contribution in [3.8, 4) is 0 Å². The second-order valence-corrected chi connectivity index (χ2v) is 8.79. The quantitative estimate of drug-likeness (QED) is 0.528. The molecule has 1 aliphatic rings. The van der Waals surface area contributed by atoms with Crippen molar-refractivity contribution < 1.29 is 14.0 Å². The van der Waals surface area contributed by atoms with E-state index in [4.69, 9.17) is 11.6 Å². The van der Waals surface area contributed by atoms with Crippen molar-refractivity contribution >= 4 is 52.3 Å². The van der Waals surface area contributed by atoms with Gasteiger partial charge in [-0.25, -0.2) is 9.37 Å². The highest BCUT2D eigenvalue weighted by Gasteiger charge is 2.23. The predicted octanol–water partition coefficient (Wildman–Crippen LogP) is 4.96. The summed E-state index contributed by atoms with van der Waals surface area (Å²) < 4.78 is 13.3. The van der Waals surface area contributed by atoms with E-state index < -0.39 is 11.7 Å². The molecule has 2 amide bonds. The van der Waals surface area contributed by atoms with Crippen molar-refractivity contribution in [1.82, 2.24) is 14.8 Å². The number of benzene rings is 2. The number of amides is 2. The lowest BCUT2D eigenvalue weighted by Crippen LogP contribution is -2.35. The Labute approximate surface area is 206 Å². The Morgan fingerprint density at radius 3 is 2.64 bits per heavy atom. The van der Waals surface area contributed by atoms with Crippen LogP contribution in [0.15, 0.2) is 53.9 Å². The molecule has 3 aromatic rings. The number of anilines is 1. The Kier molecular flexibility index (Phi) is 8.80. The normalized spacial score (nSPS) is 14.3. The minimum Gasteiger partial charge on any atom is -0.336 e. The zero-order valence-electron chi connectivity index (χ0n) is 17.7. The molecule has 0 bridgehead atoms. The monoisotopic (exact) mass is 508 g/mol. The first-order valence-corrected chi connectivity index (χ1v) is 11.5. The Morgan fingerprint density at radius 2 is 1.88 bits per heavy atom. The molecule has 10 heteroatoms. The summed E-state index contributed by atoms with van der Waals surface area (Å²) in [6.45, 7) is 3.87. The second kappa shape index (κ2) is 11.6. The molecule has 1 saturated heterocycles. The number of hydrogen-bond acceptors (Lipinski definition) is 5. The van der Waals surface area contributed by atoms with Crippen molar-refractivity contribution in [1.29, 1.82) is 0 Å². The van der Waals surface area contributed by atoms with Crippen LogP contribution < -0.4 is 5.32 Å². The van der Waals surface area contributed by atoms with Crippen molar-refractivity contribution in [2.75, 3.05) is 31.5 Å². The Balaban J connectivity index is 0.00000306. The van der Waals surface area contributed by atoms with Gasteiger partial charge >= 0.3 is 0 Å². The van der Waals surface area contributed by atoms with Crippen LogP contribution in [0.5, 0.6) is 0 Å². The zero-order chi connectivity index (χ0) is 22.5. The zero-order valence-corrected chi connectivity index (χ0v) is 20.1. The first-order valence-electron chi connectivity index (χ1n) is 10.3. The van der Waals surface area contributed by atoms with Gasteiger partial charge in [0.05, 0.1) is 5.02 Å². The average molecular weight is 509 g/mol. The summed E-state index contributed by atoms with van der Waals surface area (Å²) in [5.74, 6) is -1.20. The van der Waals surface area contributed by atoms with Crippen LogP contribution in [0.3, 0.4) is 0 Å². The largest absolute Gasteiger partial charge is 0.336 e. The molecule has 2 aromatic carbocycles. The van der Waals surface area contributed by atoms with Crippen LogP contribution in [0, 0.1) is 5.82 Å². The van der Waals surface area contributed by atoms with E-state index in [9.17, 15) is 14.0 Å². The predicted molar refractivity (Wildman–Crippen MR) is 131 cm³/mol. The molecule has 0 atom stereocenters. The molecule has 1 aliphatic heterocycles. The molecule has 6 nitrogen and oxygen atoms in total. The van der Waals surface area contributed by atoms with Gasteiger partial charge in [0.1, 0.15) is 11.5 Å². The third-order valence-electron chi connectivity index (χ3n) is 5.25. The molecule has 4 rings (SSSR count). The number of rotatable bonds is 5. The van der Waals surface area contributed by atoms with E-state index in [1.54, 1.807) is 5.38 Å². The lowest BCUT2D eigenvalue weighted by atomic mass is 10.2. The van der Waals surface area contributed by atoms with Crippen LogP contribution in [0.25, 0.3) is 0 Å². The lowest BCUT2D eigenvalue weighted by molar-refractivity contribution is 0.0755. The number of aromatic nitrogens is 1. The maximum absolute atomic E-state index is 13.3. The summed E-state index contributed by atoms with van der Waals surface area (Å²) in [6, 6.07) is 14.0. The molecule has 33 heavy (non-hydrogen) atoms. The molecule has 0 spiro atoms. The molecule has 174 valence electrons. The van der Waals surface area contributed by atoms with Gasteiger partial charge in [0.2, 0.25) is 0 Å². The third-order valence-corrected chi connectivity index (χ3v) is 6.30. The highest BCUT2D eigenvalue weighted by molar-refractivity contribution is 7.14. The third kappa shape index (κ3) is 6.51. The van der Waals surface area contributed by atoms with Crippen molar-refractivity contribution in [2.45, 2.75) is 13.0 Å². The van der Waals surface area contributed by atoms with E-state index in [2.05, 4.69) is 27.3 Å². The van der Waals surface area contributed by atoms with Crippen LogP contribution in [0.4, 0.5) is 9.52 Å². The van der Waals surface area contributed by atoms with Crippen LogP contribution in [0.2, 0.25) is 5.02 Å². The molecule has 0 unspecified atom stereocenters. The Hall–Kier alpha value is -2.52. The molecule has 0 radical (unpaired) electrons. The number of halogens is 3. The van der Waals surface area contributed by atoms with Gasteiger partial charge < -0.3 is 4.90 Å². The first kappa shape index (κ1) is 25.1. The van der Waals surface area contributed by atoms with Crippen molar-refractivity contribution in [3.05, 3.63) is 81.6 Å². The molecule has 0 saturated carbocycles. The van der Waals surface area contributed by atoms with Gasteiger partial charge in [0, 0.05) is 43.7 Å². The van der Waals surface area contributed by atoms with Gasteiger partial charge in [-0.1, -0.05) is 41.9 Å². The Morgan fingerprint density at radius 1 is 1.09 bits per heavy atom. The van der Waals surface area contributed by atoms with E-state index >= 15 is 0 Å². The topological polar surface area (TPSA) is 65.5 Å². The number of thiazole rings is 1. The fraction of sp³-hybridized carbons (Fsp3) is 0.261. The van der Waals surface area contributed by atoms with Gasteiger partial charge in [-0.2, -0.15) is 0 Å². The van der Waals surface area contributed by atoms with Crippen LogP contribution in [-0.2, 0) is 6.54 Å². The van der Waals surface area contributed by atoms with Crippen LogP contribution >= 0.6 is 35.3 Å². The van der Waals surface area contributed by atoms with Gasteiger partial charge in [-0.15, -0.1) is 23.7 Å². The second-order valence-electron chi connectivity index (χ2n) is 7.53. The van der Waals surface area contributed by atoms with Gasteiger partial charge in [-0.05, 0) is 30.2 Å². The molecule has 1 N–H and O–H groups in total. The summed E-state index contributed by atoms with van der Waals surface area (Å²) in [5.41, 5.74) is 1.78. The minimum atomic E-state index is -0.592. The van der Waals surface area contributed by atoms with E-state index in [0.717, 1.165) is 32.1 Å². The van der Waals surface area contributed by atoms with Crippen molar-refractivity contribution in [3.63, 3.8) is 0 Å². The number of nitrogens with zero attached hydrogens (tertiary/aromatic N) is 3. The maximum Gasteiger partial charge on any atom is 0.273 e. The standard InChI is InChI=1S/C23H22ClFN4O2S.ClH/c24-18-13-17(7-8-19(18)25)21(30)27-23-26-20(15-32-23)22(31)29-10-4-9-28(11-12-29)14-16-5-2-1-3-6-16;/h1-3,5-8,13,15H,4,9-12,14H2,(H,26,27,30);1H. The lowest BCUT2D eigenvalue weighted by Gasteiger charge is -2.21. The molecule has 1 fully saturated rings. The molecular formula is C23H23Cl2FN4O2S. The summed E-state index contributed by atoms with van der Waals surface area (Å²) in [7, 11) is 0. The highest BCUT2D eigenvalue weighted by Crippen LogP contribution is 2.21. The van der Waals surface area contributed by atoms with E-state index in [0.29, 0.717) is 23.9 Å². The number of carbonyl (C=O) groups excluding carboxylic acids is 2. The number of nitrogens with one attached hydrogen (secondary N) is 1. The fourth-order valence-electron chi connectivity index (χ4n) is 3.57. The van der Waals surface area contributed by atoms with E-state index in [1.807, 2.05) is 23.1 Å². The summed E-state index contributed by atoms with van der Waals surface area (Å²) in [6.07, 6.45) is 0.887. The molecular weight excluding hydrogens is 486 g/mol. The number of carbonyl (C=O) groups is 2.